The molecule has 0 rings (SSSR count). The van der Waals surface area contributed by atoms with Gasteiger partial charge in [-0.05, 0) is 96.0 Å². The molecule has 0 fully saturated rings. The van der Waals surface area contributed by atoms with E-state index in [0.717, 1.165) is 70.6 Å². The highest BCUT2D eigenvalue weighted by Crippen LogP contribution is 2.38. The van der Waals surface area contributed by atoms with E-state index in [4.69, 9.17) is 13.8 Å². The van der Waals surface area contributed by atoms with Crippen LogP contribution in [0.1, 0.15) is 380 Å². The number of hydrogen-bond donors (Lipinski definition) is 1. The molecule has 0 aliphatic rings. The minimum Gasteiger partial charge on any atom is -0.756 e. The summed E-state index contributed by atoms with van der Waals surface area (Å²) in [6.45, 7) is 6.85. The largest absolute Gasteiger partial charge is 0.756 e. The first-order chi connectivity index (χ1) is 43.4. The zero-order valence-electron chi connectivity index (χ0n) is 59.9. The van der Waals surface area contributed by atoms with E-state index in [1.165, 1.54) is 276 Å². The van der Waals surface area contributed by atoms with Crippen molar-refractivity contribution in [1.29, 1.82) is 0 Å². The molecule has 89 heavy (non-hydrogen) atoms. The lowest BCUT2D eigenvalue weighted by atomic mass is 10.0. The highest BCUT2D eigenvalue weighted by molar-refractivity contribution is 7.45. The van der Waals surface area contributed by atoms with E-state index < -0.39 is 20.0 Å². The van der Waals surface area contributed by atoms with Crippen LogP contribution in [0, 0.1) is 0 Å². The zero-order chi connectivity index (χ0) is 64.9. The number of carbonyl (C=O) groups excluding carboxylic acids is 2. The van der Waals surface area contributed by atoms with Crippen molar-refractivity contribution in [3.8, 4) is 0 Å². The molecule has 0 radical (unpaired) electrons. The molecular formula is C79H149N2O7P. The van der Waals surface area contributed by atoms with Gasteiger partial charge in [0.15, 0.2) is 0 Å². The third kappa shape index (κ3) is 69.9. The van der Waals surface area contributed by atoms with Gasteiger partial charge in [-0.15, -0.1) is 0 Å². The Morgan fingerprint density at radius 2 is 0.685 bits per heavy atom. The summed E-state index contributed by atoms with van der Waals surface area (Å²) in [6, 6.07) is -0.888. The van der Waals surface area contributed by atoms with Crippen LogP contribution in [0.15, 0.2) is 60.8 Å². The third-order valence-electron chi connectivity index (χ3n) is 17.4. The molecule has 0 aromatic rings. The van der Waals surface area contributed by atoms with Crippen LogP contribution in [0.5, 0.6) is 0 Å². The second kappa shape index (κ2) is 68.6. The van der Waals surface area contributed by atoms with Gasteiger partial charge in [0.25, 0.3) is 7.82 Å². The quantitative estimate of drug-likeness (QED) is 0.0212. The van der Waals surface area contributed by atoms with Crippen molar-refractivity contribution in [2.75, 3.05) is 40.9 Å². The van der Waals surface area contributed by atoms with Gasteiger partial charge in [0.1, 0.15) is 19.3 Å². The number of nitrogens with zero attached hydrogens (tertiary/aromatic N) is 1. The number of hydrogen-bond acceptors (Lipinski definition) is 7. The van der Waals surface area contributed by atoms with E-state index in [0.29, 0.717) is 17.4 Å². The summed E-state index contributed by atoms with van der Waals surface area (Å²) >= 11 is 0. The first-order valence-electron chi connectivity index (χ1n) is 38.6. The molecule has 1 N–H and O–H groups in total. The molecular weight excluding hydrogens is 1120 g/mol. The van der Waals surface area contributed by atoms with E-state index in [1.807, 2.05) is 33.3 Å². The number of phosphoric ester groups is 1. The van der Waals surface area contributed by atoms with Gasteiger partial charge < -0.3 is 28.5 Å². The van der Waals surface area contributed by atoms with Crippen molar-refractivity contribution in [2.24, 2.45) is 0 Å². The monoisotopic (exact) mass is 1270 g/mol. The number of amides is 1. The average Bonchev–Trinajstić information content (AvgIpc) is 3.70. The fourth-order valence-corrected chi connectivity index (χ4v) is 12.2. The number of carbonyl (C=O) groups is 2. The van der Waals surface area contributed by atoms with Crippen molar-refractivity contribution >= 4 is 19.7 Å². The number of quaternary nitrogens is 1. The summed E-state index contributed by atoms with van der Waals surface area (Å²) in [5.41, 5.74) is 0. The summed E-state index contributed by atoms with van der Waals surface area (Å²) in [4.78, 5) is 40.3. The topological polar surface area (TPSA) is 114 Å². The van der Waals surface area contributed by atoms with Gasteiger partial charge in [-0.3, -0.25) is 14.2 Å². The smallest absolute Gasteiger partial charge is 0.306 e. The summed E-state index contributed by atoms with van der Waals surface area (Å²) < 4.78 is 30.5. The van der Waals surface area contributed by atoms with Crippen molar-refractivity contribution in [3.05, 3.63) is 60.8 Å². The highest BCUT2D eigenvalue weighted by atomic mass is 31.2. The van der Waals surface area contributed by atoms with Gasteiger partial charge >= 0.3 is 5.97 Å². The van der Waals surface area contributed by atoms with Crippen LogP contribution in [0.4, 0.5) is 0 Å². The number of likely N-dealkylation sites (N-methyl/N-ethyl adjacent to an activating group) is 1. The van der Waals surface area contributed by atoms with Crippen LogP contribution >= 0.6 is 7.82 Å². The Labute approximate surface area is 553 Å². The third-order valence-corrected chi connectivity index (χ3v) is 18.4. The Bertz CT molecular complexity index is 1700. The lowest BCUT2D eigenvalue weighted by Crippen LogP contribution is -2.47. The Kier molecular flexibility index (Phi) is 66.8. The van der Waals surface area contributed by atoms with Crippen LogP contribution in [0.25, 0.3) is 0 Å². The van der Waals surface area contributed by atoms with Gasteiger partial charge in [-0.1, -0.05) is 332 Å². The summed E-state index contributed by atoms with van der Waals surface area (Å²) in [6.07, 6.45) is 89.4. The maximum absolute atomic E-state index is 13.6. The molecule has 3 unspecified atom stereocenters. The van der Waals surface area contributed by atoms with E-state index in [1.54, 1.807) is 0 Å². The molecule has 10 heteroatoms. The molecule has 0 saturated carbocycles. The maximum Gasteiger partial charge on any atom is 0.306 e. The van der Waals surface area contributed by atoms with E-state index in [9.17, 15) is 19.0 Å². The van der Waals surface area contributed by atoms with Crippen LogP contribution in [-0.4, -0.2) is 69.4 Å². The minimum absolute atomic E-state index is 0.0209. The number of esters is 1. The van der Waals surface area contributed by atoms with Crippen LogP contribution in [-0.2, 0) is 27.9 Å². The first-order valence-corrected chi connectivity index (χ1v) is 40.1. The van der Waals surface area contributed by atoms with Crippen molar-refractivity contribution in [1.82, 2.24) is 5.32 Å². The van der Waals surface area contributed by atoms with Gasteiger partial charge in [0.2, 0.25) is 5.91 Å². The fourth-order valence-electron chi connectivity index (χ4n) is 11.5. The molecule has 0 aromatic heterocycles. The fraction of sp³-hybridized carbons (Fsp3) is 0.848. The molecule has 0 aliphatic carbocycles. The minimum atomic E-state index is -4.70. The van der Waals surface area contributed by atoms with Crippen molar-refractivity contribution in [2.45, 2.75) is 392 Å². The molecule has 522 valence electrons. The number of nitrogens with one attached hydrogen (secondary N) is 1. The molecule has 0 aliphatic heterocycles. The van der Waals surface area contributed by atoms with Crippen molar-refractivity contribution in [3.63, 3.8) is 0 Å². The number of rotatable bonds is 71. The van der Waals surface area contributed by atoms with Gasteiger partial charge in [-0.25, -0.2) is 0 Å². The van der Waals surface area contributed by atoms with Crippen LogP contribution in [0.3, 0.4) is 0 Å². The maximum atomic E-state index is 13.6. The SMILES string of the molecule is CCCCC/C=C\C/C=C\CCCCCCCCCCCCCCCCCCCC(=O)NC(COP(=O)([O-])OCC[N+](C)(C)C)C(/C=C/CCCCCCCCCCC)OC(=O)CCCCCCCCCCCCCCCCC/C=C\C/C=C\CCCCC. The molecule has 9 nitrogen and oxygen atoms in total. The standard InChI is InChI=1S/C79H149N2O7P/c1-7-10-13-16-19-22-25-27-29-31-33-35-37-39-40-42-43-45-47-49-51-53-56-59-62-65-68-71-78(82)80-76(75-87-89(84,85)86-74-73-81(4,5)6)77(70-67-64-61-58-55-24-21-18-15-12-9-3)88-79(83)72-69-66-63-60-57-54-52-50-48-46-44-41-38-36-34-32-30-28-26-23-20-17-14-11-8-2/h19-20,22-23,27-30,67,70,76-77H,7-18,21,24-26,31-66,68-69,71-75H2,1-6H3,(H-,80,82,84,85)/b22-19-,23-20-,29-27-,30-28-,70-67+. The van der Waals surface area contributed by atoms with Gasteiger partial charge in [0.05, 0.1) is 33.8 Å². The summed E-state index contributed by atoms with van der Waals surface area (Å²) in [5.74, 6) is -0.524. The van der Waals surface area contributed by atoms with E-state index in [2.05, 4.69) is 74.7 Å². The molecule has 3 atom stereocenters. The van der Waals surface area contributed by atoms with E-state index in [-0.39, 0.29) is 31.5 Å². The normalized spacial score (nSPS) is 13.7. The number of unbranched alkanes of at least 4 members (excludes halogenated alkanes) is 47. The predicted octanol–water partition coefficient (Wildman–Crippen LogP) is 24.3. The number of ether oxygens (including phenoxy) is 1. The van der Waals surface area contributed by atoms with E-state index >= 15 is 0 Å². The summed E-state index contributed by atoms with van der Waals surface area (Å²) in [7, 11) is 1.20. The number of allylic oxidation sites excluding steroid dienone is 9. The summed E-state index contributed by atoms with van der Waals surface area (Å²) in [5, 5.41) is 3.05. The second-order valence-corrected chi connectivity index (χ2v) is 28.9. The Morgan fingerprint density at radius 3 is 1.03 bits per heavy atom. The molecule has 1 amide bonds. The van der Waals surface area contributed by atoms with Gasteiger partial charge in [0, 0.05) is 12.8 Å². The predicted molar refractivity (Wildman–Crippen MR) is 385 cm³/mol. The van der Waals surface area contributed by atoms with Gasteiger partial charge in [-0.2, -0.15) is 0 Å². The molecule has 0 aromatic carbocycles. The zero-order valence-corrected chi connectivity index (χ0v) is 60.8. The number of phosphoric acid groups is 1. The van der Waals surface area contributed by atoms with Crippen LogP contribution in [0.2, 0.25) is 0 Å². The molecule has 0 bridgehead atoms. The first kappa shape index (κ1) is 86.7. The lowest BCUT2D eigenvalue weighted by Gasteiger charge is -2.30. The molecule has 0 spiro atoms. The lowest BCUT2D eigenvalue weighted by molar-refractivity contribution is -0.870. The second-order valence-electron chi connectivity index (χ2n) is 27.5. The Balaban J connectivity index is 4.88. The average molecular weight is 1270 g/mol. The highest BCUT2D eigenvalue weighted by Gasteiger charge is 2.27. The Hall–Kier alpha value is -2.29. The Morgan fingerprint density at radius 1 is 0.393 bits per heavy atom. The van der Waals surface area contributed by atoms with Crippen molar-refractivity contribution < 1.29 is 37.3 Å². The van der Waals surface area contributed by atoms with Crippen LogP contribution < -0.4 is 10.2 Å². The molecule has 0 saturated heterocycles. The molecule has 0 heterocycles.